The number of carbonyl (C=O) groups excluding carboxylic acids is 1. The molecular formula is C17H25NO5. The van der Waals surface area contributed by atoms with Gasteiger partial charge < -0.3 is 19.9 Å². The zero-order chi connectivity index (χ0) is 17.5. The van der Waals surface area contributed by atoms with E-state index >= 15 is 0 Å². The summed E-state index contributed by atoms with van der Waals surface area (Å²) in [5, 5.41) is 11.7. The molecule has 1 aromatic carbocycles. The summed E-state index contributed by atoms with van der Waals surface area (Å²) in [7, 11) is 3.18. The highest BCUT2D eigenvalue weighted by atomic mass is 16.5. The molecule has 1 rings (SSSR count). The second-order valence-electron chi connectivity index (χ2n) is 5.57. The third-order valence-electron chi connectivity index (χ3n) is 3.94. The molecule has 0 aromatic heterocycles. The third-order valence-corrected chi connectivity index (χ3v) is 3.94. The number of aryl methyl sites for hydroxylation is 1. The fraction of sp³-hybridized carbons (Fsp3) is 0.529. The first-order valence-corrected chi connectivity index (χ1v) is 7.61. The van der Waals surface area contributed by atoms with Gasteiger partial charge in [-0.2, -0.15) is 0 Å². The van der Waals surface area contributed by atoms with Crippen molar-refractivity contribution in [1.82, 2.24) is 5.32 Å². The molecule has 0 bridgehead atoms. The van der Waals surface area contributed by atoms with E-state index in [1.54, 1.807) is 27.2 Å². The van der Waals surface area contributed by atoms with Crippen LogP contribution in [0.2, 0.25) is 0 Å². The summed E-state index contributed by atoms with van der Waals surface area (Å²) in [5.41, 5.74) is -0.230. The maximum atomic E-state index is 11.9. The second kappa shape index (κ2) is 8.41. The van der Waals surface area contributed by atoms with Crippen LogP contribution < -0.4 is 14.8 Å². The minimum absolute atomic E-state index is 0.260. The van der Waals surface area contributed by atoms with Gasteiger partial charge in [-0.3, -0.25) is 4.79 Å². The summed E-state index contributed by atoms with van der Waals surface area (Å²) in [6.45, 7) is 3.25. The lowest BCUT2D eigenvalue weighted by molar-refractivity contribution is -0.147. The molecule has 0 heterocycles. The number of amides is 1. The molecule has 1 atom stereocenters. The first-order chi connectivity index (χ1) is 10.9. The second-order valence-corrected chi connectivity index (χ2v) is 5.57. The zero-order valence-corrected chi connectivity index (χ0v) is 14.1. The Balaban J connectivity index is 2.57. The van der Waals surface area contributed by atoms with E-state index in [-0.39, 0.29) is 12.3 Å². The molecule has 0 aliphatic heterocycles. The van der Waals surface area contributed by atoms with Crippen LogP contribution in [0.4, 0.5) is 0 Å². The number of benzene rings is 1. The fourth-order valence-electron chi connectivity index (χ4n) is 2.16. The van der Waals surface area contributed by atoms with Crippen molar-refractivity contribution in [3.8, 4) is 11.5 Å². The van der Waals surface area contributed by atoms with Crippen LogP contribution in [0.25, 0.3) is 0 Å². The predicted octanol–water partition coefficient (Wildman–Crippen LogP) is 2.40. The lowest BCUT2D eigenvalue weighted by Crippen LogP contribution is -2.51. The van der Waals surface area contributed by atoms with Crippen molar-refractivity contribution in [1.29, 1.82) is 0 Å². The molecule has 128 valence electrons. The standard InChI is InChI=1S/C17H25NO5/c1-5-17(2,16(20)21)18-15(19)8-6-7-12-9-10-13(22-3)11-14(12)23-4/h9-11H,5-8H2,1-4H3,(H,18,19)(H,20,21). The van der Waals surface area contributed by atoms with Crippen molar-refractivity contribution >= 4 is 11.9 Å². The van der Waals surface area contributed by atoms with Gasteiger partial charge in [0.1, 0.15) is 17.0 Å². The van der Waals surface area contributed by atoms with Crippen LogP contribution in [-0.2, 0) is 16.0 Å². The topological polar surface area (TPSA) is 84.9 Å². The molecule has 1 aromatic rings. The highest BCUT2D eigenvalue weighted by Crippen LogP contribution is 2.25. The number of nitrogens with one attached hydrogen (secondary N) is 1. The molecule has 0 aliphatic carbocycles. The molecule has 6 heteroatoms. The van der Waals surface area contributed by atoms with E-state index in [0.717, 1.165) is 5.56 Å². The van der Waals surface area contributed by atoms with Crippen molar-refractivity contribution in [3.63, 3.8) is 0 Å². The molecule has 0 aliphatic rings. The van der Waals surface area contributed by atoms with Crippen LogP contribution in [0.5, 0.6) is 11.5 Å². The first-order valence-electron chi connectivity index (χ1n) is 7.61. The molecule has 0 saturated carbocycles. The molecule has 23 heavy (non-hydrogen) atoms. The number of hydrogen-bond acceptors (Lipinski definition) is 4. The summed E-state index contributed by atoms with van der Waals surface area (Å²) >= 11 is 0. The third kappa shape index (κ3) is 5.16. The highest BCUT2D eigenvalue weighted by molar-refractivity contribution is 5.86. The van der Waals surface area contributed by atoms with Gasteiger partial charge in [-0.05, 0) is 37.8 Å². The van der Waals surface area contributed by atoms with Crippen LogP contribution in [0.15, 0.2) is 18.2 Å². The smallest absolute Gasteiger partial charge is 0.329 e. The molecule has 0 saturated heterocycles. The lowest BCUT2D eigenvalue weighted by atomic mass is 9.98. The van der Waals surface area contributed by atoms with E-state index in [1.165, 1.54) is 6.92 Å². The average Bonchev–Trinajstić information content (AvgIpc) is 2.54. The summed E-state index contributed by atoms with van der Waals surface area (Å²) in [5.74, 6) is 0.145. The minimum atomic E-state index is -1.21. The van der Waals surface area contributed by atoms with Crippen LogP contribution in [0.3, 0.4) is 0 Å². The molecule has 0 fully saturated rings. The number of carboxylic acids is 1. The molecule has 6 nitrogen and oxygen atoms in total. The Kier molecular flexibility index (Phi) is 6.88. The normalized spacial score (nSPS) is 13.0. The molecular weight excluding hydrogens is 298 g/mol. The van der Waals surface area contributed by atoms with Crippen molar-refractivity contribution in [2.24, 2.45) is 0 Å². The fourth-order valence-corrected chi connectivity index (χ4v) is 2.16. The Labute approximate surface area is 136 Å². The van der Waals surface area contributed by atoms with Gasteiger partial charge >= 0.3 is 5.97 Å². The summed E-state index contributed by atoms with van der Waals surface area (Å²) in [4.78, 5) is 23.1. The summed E-state index contributed by atoms with van der Waals surface area (Å²) in [6.07, 6.45) is 1.86. The van der Waals surface area contributed by atoms with Crippen molar-refractivity contribution in [3.05, 3.63) is 23.8 Å². The number of carboxylic acid groups (broad SMARTS) is 1. The molecule has 2 N–H and O–H groups in total. The van der Waals surface area contributed by atoms with Crippen molar-refractivity contribution in [2.45, 2.75) is 45.1 Å². The average molecular weight is 323 g/mol. The largest absolute Gasteiger partial charge is 0.497 e. The van der Waals surface area contributed by atoms with Gasteiger partial charge in [0.2, 0.25) is 5.91 Å². The number of ether oxygens (including phenoxy) is 2. The van der Waals surface area contributed by atoms with Gasteiger partial charge in [0.05, 0.1) is 14.2 Å². The minimum Gasteiger partial charge on any atom is -0.497 e. The van der Waals surface area contributed by atoms with Gasteiger partial charge in [-0.1, -0.05) is 13.0 Å². The monoisotopic (exact) mass is 323 g/mol. The molecule has 1 unspecified atom stereocenters. The van der Waals surface area contributed by atoms with Gasteiger partial charge in [0.25, 0.3) is 0 Å². The van der Waals surface area contributed by atoms with Gasteiger partial charge in [0, 0.05) is 12.5 Å². The van der Waals surface area contributed by atoms with E-state index in [2.05, 4.69) is 5.32 Å². The quantitative estimate of drug-likeness (QED) is 0.729. The Morgan fingerprint density at radius 1 is 1.26 bits per heavy atom. The summed E-state index contributed by atoms with van der Waals surface area (Å²) < 4.78 is 10.5. The predicted molar refractivity (Wildman–Crippen MR) is 87.0 cm³/mol. The molecule has 0 radical (unpaired) electrons. The van der Waals surface area contributed by atoms with E-state index in [0.29, 0.717) is 30.8 Å². The van der Waals surface area contributed by atoms with Crippen molar-refractivity contribution in [2.75, 3.05) is 14.2 Å². The van der Waals surface area contributed by atoms with E-state index in [1.807, 2.05) is 12.1 Å². The maximum absolute atomic E-state index is 11.9. The Hall–Kier alpha value is -2.24. The van der Waals surface area contributed by atoms with Gasteiger partial charge in [-0.25, -0.2) is 4.79 Å². The number of hydrogen-bond donors (Lipinski definition) is 2. The molecule has 1 amide bonds. The van der Waals surface area contributed by atoms with E-state index < -0.39 is 11.5 Å². The Morgan fingerprint density at radius 3 is 2.48 bits per heavy atom. The van der Waals surface area contributed by atoms with E-state index in [4.69, 9.17) is 14.6 Å². The number of aliphatic carboxylic acids is 1. The number of carbonyl (C=O) groups is 2. The van der Waals surface area contributed by atoms with E-state index in [9.17, 15) is 9.59 Å². The first kappa shape index (κ1) is 18.8. The number of rotatable bonds is 9. The summed E-state index contributed by atoms with van der Waals surface area (Å²) in [6, 6.07) is 5.55. The van der Waals surface area contributed by atoms with Crippen LogP contribution in [0.1, 0.15) is 38.7 Å². The highest BCUT2D eigenvalue weighted by Gasteiger charge is 2.32. The van der Waals surface area contributed by atoms with Crippen LogP contribution in [-0.4, -0.2) is 36.7 Å². The Morgan fingerprint density at radius 2 is 1.96 bits per heavy atom. The SMILES string of the molecule is CCC(C)(NC(=O)CCCc1ccc(OC)cc1OC)C(=O)O. The molecule has 0 spiro atoms. The van der Waals surface area contributed by atoms with Crippen molar-refractivity contribution < 1.29 is 24.2 Å². The van der Waals surface area contributed by atoms with Crippen LogP contribution >= 0.6 is 0 Å². The lowest BCUT2D eigenvalue weighted by Gasteiger charge is -2.24. The van der Waals surface area contributed by atoms with Gasteiger partial charge in [0.15, 0.2) is 0 Å². The Bertz CT molecular complexity index is 558. The maximum Gasteiger partial charge on any atom is 0.329 e. The zero-order valence-electron chi connectivity index (χ0n) is 14.1. The van der Waals surface area contributed by atoms with Gasteiger partial charge in [-0.15, -0.1) is 0 Å². The van der Waals surface area contributed by atoms with Crippen LogP contribution in [0, 0.1) is 0 Å². The number of methoxy groups -OCH3 is 2.